The number of hydrogen-bond acceptors (Lipinski definition) is 4. The maximum absolute atomic E-state index is 11.1. The van der Waals surface area contributed by atoms with Gasteiger partial charge in [0.15, 0.2) is 0 Å². The van der Waals surface area contributed by atoms with Crippen molar-refractivity contribution in [2.75, 3.05) is 24.5 Å². The van der Waals surface area contributed by atoms with Crippen molar-refractivity contribution in [1.29, 1.82) is 0 Å². The van der Waals surface area contributed by atoms with Gasteiger partial charge < -0.3 is 10.2 Å². The Bertz CT molecular complexity index is 447. The summed E-state index contributed by atoms with van der Waals surface area (Å²) in [5.41, 5.74) is 0.873. The van der Waals surface area contributed by atoms with Crippen LogP contribution >= 0.6 is 15.9 Å². The summed E-state index contributed by atoms with van der Waals surface area (Å²) >= 11 is 3.39. The molecule has 1 heterocycles. The molecule has 1 aromatic rings. The highest BCUT2D eigenvalue weighted by Crippen LogP contribution is 2.33. The normalized spacial score (nSPS) is 18.9. The summed E-state index contributed by atoms with van der Waals surface area (Å²) in [6.07, 6.45) is 1.03. The second kappa shape index (κ2) is 5.67. The molecule has 6 heteroatoms. The summed E-state index contributed by atoms with van der Waals surface area (Å²) in [7, 11) is 0. The lowest BCUT2D eigenvalue weighted by Gasteiger charge is -2.29. The molecule has 18 heavy (non-hydrogen) atoms. The molecule has 1 fully saturated rings. The summed E-state index contributed by atoms with van der Waals surface area (Å²) < 4.78 is 0.868. The van der Waals surface area contributed by atoms with E-state index in [-0.39, 0.29) is 10.6 Å². The molecule has 0 amide bonds. The van der Waals surface area contributed by atoms with E-state index >= 15 is 0 Å². The molecule has 1 aliphatic rings. The Labute approximate surface area is 114 Å². The van der Waals surface area contributed by atoms with Crippen molar-refractivity contribution in [3.63, 3.8) is 0 Å². The van der Waals surface area contributed by atoms with E-state index < -0.39 is 0 Å². The monoisotopic (exact) mass is 313 g/mol. The Balaban J connectivity index is 2.39. The van der Waals surface area contributed by atoms with Crippen molar-refractivity contribution < 1.29 is 4.92 Å². The average molecular weight is 314 g/mol. The quantitative estimate of drug-likeness (QED) is 0.685. The summed E-state index contributed by atoms with van der Waals surface area (Å²) in [6.45, 7) is 4.66. The van der Waals surface area contributed by atoms with Crippen molar-refractivity contribution in [2.45, 2.75) is 19.4 Å². The first-order chi connectivity index (χ1) is 8.63. The van der Waals surface area contributed by atoms with E-state index in [1.54, 1.807) is 12.1 Å². The molecular weight excluding hydrogens is 298 g/mol. The van der Waals surface area contributed by atoms with E-state index in [4.69, 9.17) is 0 Å². The molecule has 98 valence electrons. The highest BCUT2D eigenvalue weighted by Gasteiger charge is 2.26. The summed E-state index contributed by atoms with van der Waals surface area (Å²) in [4.78, 5) is 12.9. The molecule has 5 nitrogen and oxygen atoms in total. The van der Waals surface area contributed by atoms with E-state index in [9.17, 15) is 10.1 Å². The van der Waals surface area contributed by atoms with Gasteiger partial charge in [-0.3, -0.25) is 10.1 Å². The van der Waals surface area contributed by atoms with Crippen molar-refractivity contribution in [3.8, 4) is 0 Å². The maximum atomic E-state index is 11.1. The van der Waals surface area contributed by atoms with Gasteiger partial charge in [0.1, 0.15) is 5.69 Å². The molecule has 1 aromatic carbocycles. The SMILES string of the molecule is CCN(c1cc(Br)ccc1[N+](=O)[O-])C1CCNC1. The lowest BCUT2D eigenvalue weighted by molar-refractivity contribution is -0.384. The second-order valence-electron chi connectivity index (χ2n) is 4.32. The molecule has 0 radical (unpaired) electrons. The molecular formula is C12H16BrN3O2. The van der Waals surface area contributed by atoms with Crippen LogP contribution in [0.15, 0.2) is 22.7 Å². The van der Waals surface area contributed by atoms with Gasteiger partial charge in [-0.1, -0.05) is 15.9 Å². The number of rotatable bonds is 4. The second-order valence-corrected chi connectivity index (χ2v) is 5.24. The van der Waals surface area contributed by atoms with E-state index in [1.807, 2.05) is 13.0 Å². The topological polar surface area (TPSA) is 58.4 Å². The number of anilines is 1. The summed E-state index contributed by atoms with van der Waals surface area (Å²) in [5.74, 6) is 0. The third kappa shape index (κ3) is 2.64. The minimum absolute atomic E-state index is 0.173. The Morgan fingerprint density at radius 2 is 2.39 bits per heavy atom. The fraction of sp³-hybridized carbons (Fsp3) is 0.500. The van der Waals surface area contributed by atoms with Gasteiger partial charge in [0.25, 0.3) is 5.69 Å². The zero-order valence-corrected chi connectivity index (χ0v) is 11.8. The van der Waals surface area contributed by atoms with Crippen LogP contribution in [0.25, 0.3) is 0 Å². The van der Waals surface area contributed by atoms with Gasteiger partial charge in [-0.25, -0.2) is 0 Å². The number of halogens is 1. The van der Waals surface area contributed by atoms with Crippen LogP contribution in [0.3, 0.4) is 0 Å². The number of benzene rings is 1. The molecule has 1 atom stereocenters. The lowest BCUT2D eigenvalue weighted by atomic mass is 10.1. The number of nitrogens with one attached hydrogen (secondary N) is 1. The van der Waals surface area contributed by atoms with Crippen LogP contribution in [-0.4, -0.2) is 30.6 Å². The van der Waals surface area contributed by atoms with Crippen LogP contribution < -0.4 is 10.2 Å². The third-order valence-corrected chi connectivity index (χ3v) is 3.75. The molecule has 1 unspecified atom stereocenters. The van der Waals surface area contributed by atoms with Crippen LogP contribution in [0.1, 0.15) is 13.3 Å². The third-order valence-electron chi connectivity index (χ3n) is 3.26. The maximum Gasteiger partial charge on any atom is 0.292 e. The Morgan fingerprint density at radius 3 is 2.94 bits per heavy atom. The average Bonchev–Trinajstić information content (AvgIpc) is 2.83. The number of nitro groups is 1. The van der Waals surface area contributed by atoms with Crippen molar-refractivity contribution in [3.05, 3.63) is 32.8 Å². The minimum atomic E-state index is -0.313. The van der Waals surface area contributed by atoms with Crippen LogP contribution in [0.4, 0.5) is 11.4 Å². The van der Waals surface area contributed by atoms with Crippen LogP contribution in [0.2, 0.25) is 0 Å². The van der Waals surface area contributed by atoms with Gasteiger partial charge in [0.2, 0.25) is 0 Å². The molecule has 0 aromatic heterocycles. The first kappa shape index (κ1) is 13.3. The van der Waals surface area contributed by atoms with Crippen LogP contribution in [-0.2, 0) is 0 Å². The Kier molecular flexibility index (Phi) is 4.19. The summed E-state index contributed by atoms with van der Waals surface area (Å²) in [5, 5.41) is 14.4. The fourth-order valence-electron chi connectivity index (χ4n) is 2.41. The molecule has 2 rings (SSSR count). The van der Waals surface area contributed by atoms with E-state index in [0.29, 0.717) is 11.7 Å². The zero-order chi connectivity index (χ0) is 13.1. The van der Waals surface area contributed by atoms with Crippen LogP contribution in [0, 0.1) is 10.1 Å². The zero-order valence-electron chi connectivity index (χ0n) is 10.2. The molecule has 1 saturated heterocycles. The Morgan fingerprint density at radius 1 is 1.61 bits per heavy atom. The van der Waals surface area contributed by atoms with Gasteiger partial charge in [-0.2, -0.15) is 0 Å². The van der Waals surface area contributed by atoms with Crippen molar-refractivity contribution in [2.24, 2.45) is 0 Å². The minimum Gasteiger partial charge on any atom is -0.362 e. The van der Waals surface area contributed by atoms with Gasteiger partial charge in [0.05, 0.1) is 4.92 Å². The van der Waals surface area contributed by atoms with Gasteiger partial charge in [-0.15, -0.1) is 0 Å². The highest BCUT2D eigenvalue weighted by atomic mass is 79.9. The summed E-state index contributed by atoms with van der Waals surface area (Å²) in [6, 6.07) is 5.44. The number of nitro benzene ring substituents is 1. The molecule has 1 aliphatic heterocycles. The van der Waals surface area contributed by atoms with Crippen molar-refractivity contribution >= 4 is 27.3 Å². The first-order valence-corrected chi connectivity index (χ1v) is 6.84. The van der Waals surface area contributed by atoms with Gasteiger partial charge in [-0.05, 0) is 32.0 Å². The fourth-order valence-corrected chi connectivity index (χ4v) is 2.76. The van der Waals surface area contributed by atoms with Crippen LogP contribution in [0.5, 0.6) is 0 Å². The van der Waals surface area contributed by atoms with E-state index in [1.165, 1.54) is 0 Å². The van der Waals surface area contributed by atoms with E-state index in [2.05, 4.69) is 26.1 Å². The highest BCUT2D eigenvalue weighted by molar-refractivity contribution is 9.10. The standard InChI is InChI=1S/C12H16BrN3O2/c1-2-15(10-5-6-14-8-10)12-7-9(13)3-4-11(12)16(17)18/h3-4,7,10,14H,2,5-6,8H2,1H3. The van der Waals surface area contributed by atoms with E-state index in [0.717, 1.165) is 30.5 Å². The predicted octanol–water partition coefficient (Wildman–Crippen LogP) is 2.55. The van der Waals surface area contributed by atoms with Gasteiger partial charge in [0, 0.05) is 29.7 Å². The molecule has 0 bridgehead atoms. The number of likely N-dealkylation sites (N-methyl/N-ethyl adjacent to an activating group) is 1. The first-order valence-electron chi connectivity index (χ1n) is 6.04. The number of nitrogens with zero attached hydrogens (tertiary/aromatic N) is 2. The smallest absolute Gasteiger partial charge is 0.292 e. The van der Waals surface area contributed by atoms with Gasteiger partial charge >= 0.3 is 0 Å². The largest absolute Gasteiger partial charge is 0.362 e. The van der Waals surface area contributed by atoms with Crippen molar-refractivity contribution in [1.82, 2.24) is 5.32 Å². The molecule has 0 spiro atoms. The Hall–Kier alpha value is -1.14. The molecule has 0 aliphatic carbocycles. The lowest BCUT2D eigenvalue weighted by Crippen LogP contribution is -2.37. The molecule has 0 saturated carbocycles. The predicted molar refractivity (Wildman–Crippen MR) is 75.1 cm³/mol. The molecule has 1 N–H and O–H groups in total. The number of hydrogen-bond donors (Lipinski definition) is 1.